The maximum absolute atomic E-state index is 13.3. The number of fused-ring (bicyclic) bond motifs is 2. The summed E-state index contributed by atoms with van der Waals surface area (Å²) in [7, 11) is 0. The van der Waals surface area contributed by atoms with Crippen molar-refractivity contribution in [1.82, 2.24) is 20.6 Å². The molecule has 2 amide bonds. The van der Waals surface area contributed by atoms with Crippen LogP contribution in [0.2, 0.25) is 5.02 Å². The summed E-state index contributed by atoms with van der Waals surface area (Å²) in [6.45, 7) is -0.0605. The van der Waals surface area contributed by atoms with Gasteiger partial charge in [-0.2, -0.15) is 0 Å². The number of rotatable bonds is 7. The normalized spacial score (nSPS) is 11.8. The molecule has 0 saturated heterocycles. The molecule has 0 aliphatic carbocycles. The highest BCUT2D eigenvalue weighted by atomic mass is 35.5. The van der Waals surface area contributed by atoms with Gasteiger partial charge in [-0.3, -0.25) is 19.2 Å². The van der Waals surface area contributed by atoms with Crippen LogP contribution in [0.15, 0.2) is 88.5 Å². The number of aromatic amines is 2. The lowest BCUT2D eigenvalue weighted by atomic mass is 10.0. The average molecular weight is 543 g/mol. The van der Waals surface area contributed by atoms with E-state index < -0.39 is 23.4 Å². The predicted molar refractivity (Wildman–Crippen MR) is 149 cm³/mol. The van der Waals surface area contributed by atoms with Gasteiger partial charge in [0, 0.05) is 51.5 Å². The van der Waals surface area contributed by atoms with Gasteiger partial charge in [0.1, 0.15) is 11.8 Å². The zero-order valence-electron chi connectivity index (χ0n) is 20.5. The van der Waals surface area contributed by atoms with Crippen molar-refractivity contribution in [3.63, 3.8) is 0 Å². The molecule has 1 atom stereocenters. The van der Waals surface area contributed by atoms with E-state index in [1.807, 2.05) is 30.3 Å². The second-order valence-corrected chi connectivity index (χ2v) is 9.50. The standard InChI is InChI=1S/C29H23ClN4O5/c30-20-7-9-22-18(12-20)11-19(28(38)33-22)15-31-29(39)24(10-16-4-2-1-3-5-16)34-27(37)17-6-8-23-21(13-17)25(35)14-26(36)32-23/h1-9,11-14,24H,10,15H2,(H,31,39)(H,33,38)(H,34,37)(H2,32,35,36)/t24-/m0/s1. The molecule has 0 aliphatic rings. The van der Waals surface area contributed by atoms with Gasteiger partial charge in [0.15, 0.2) is 0 Å². The molecule has 0 fully saturated rings. The molecular formula is C29H23ClN4O5. The quantitative estimate of drug-likeness (QED) is 0.214. The maximum atomic E-state index is 13.3. The Morgan fingerprint density at radius 1 is 0.897 bits per heavy atom. The van der Waals surface area contributed by atoms with Crippen molar-refractivity contribution in [2.45, 2.75) is 19.0 Å². The molecular weight excluding hydrogens is 520 g/mol. The number of hydrogen-bond acceptors (Lipinski definition) is 5. The number of amides is 2. The van der Waals surface area contributed by atoms with E-state index in [0.717, 1.165) is 17.0 Å². The minimum Gasteiger partial charge on any atom is -0.507 e. The fourth-order valence-electron chi connectivity index (χ4n) is 4.34. The van der Waals surface area contributed by atoms with Crippen LogP contribution >= 0.6 is 11.6 Å². The Labute approximate surface area is 226 Å². The van der Waals surface area contributed by atoms with Crippen molar-refractivity contribution in [1.29, 1.82) is 0 Å². The number of benzene rings is 3. The molecule has 10 heteroatoms. The summed E-state index contributed by atoms with van der Waals surface area (Å²) in [5.74, 6) is -1.29. The first kappa shape index (κ1) is 25.7. The van der Waals surface area contributed by atoms with Gasteiger partial charge in [-0.25, -0.2) is 0 Å². The van der Waals surface area contributed by atoms with E-state index in [9.17, 15) is 24.3 Å². The SMILES string of the molecule is O=C(N[C@@H](Cc1ccccc1)C(=O)NCc1cc2cc(Cl)ccc2[nH]c1=O)c1ccc2[nH]c(=O)cc(O)c2c1. The van der Waals surface area contributed by atoms with Crippen molar-refractivity contribution in [3.8, 4) is 5.75 Å². The number of pyridine rings is 2. The highest BCUT2D eigenvalue weighted by Gasteiger charge is 2.23. The smallest absolute Gasteiger partial charge is 0.253 e. The molecule has 39 heavy (non-hydrogen) atoms. The summed E-state index contributed by atoms with van der Waals surface area (Å²) in [5.41, 5.74) is 1.54. The fraction of sp³-hybridized carbons (Fsp3) is 0.103. The number of nitrogens with one attached hydrogen (secondary N) is 4. The van der Waals surface area contributed by atoms with Crippen molar-refractivity contribution >= 4 is 45.2 Å². The summed E-state index contributed by atoms with van der Waals surface area (Å²) in [6.07, 6.45) is 0.203. The molecule has 0 saturated carbocycles. The molecule has 2 aromatic heterocycles. The topological polar surface area (TPSA) is 144 Å². The van der Waals surface area contributed by atoms with E-state index in [1.165, 1.54) is 18.2 Å². The Morgan fingerprint density at radius 2 is 1.67 bits per heavy atom. The second kappa shape index (κ2) is 10.8. The third-order valence-corrected chi connectivity index (χ3v) is 6.56. The minimum absolute atomic E-state index is 0.0605. The lowest BCUT2D eigenvalue weighted by Gasteiger charge is -2.19. The van der Waals surface area contributed by atoms with Crippen LogP contribution in [0.4, 0.5) is 0 Å². The van der Waals surface area contributed by atoms with E-state index >= 15 is 0 Å². The van der Waals surface area contributed by atoms with Crippen LogP contribution in [0, 0.1) is 0 Å². The van der Waals surface area contributed by atoms with E-state index in [0.29, 0.717) is 27.0 Å². The Morgan fingerprint density at radius 3 is 2.46 bits per heavy atom. The highest BCUT2D eigenvalue weighted by Crippen LogP contribution is 2.22. The van der Waals surface area contributed by atoms with E-state index in [4.69, 9.17) is 11.6 Å². The summed E-state index contributed by atoms with van der Waals surface area (Å²) in [5, 5.41) is 17.2. The Hall–Kier alpha value is -4.89. The van der Waals surface area contributed by atoms with Crippen molar-refractivity contribution in [2.24, 2.45) is 0 Å². The third kappa shape index (κ3) is 5.83. The number of hydrogen-bond donors (Lipinski definition) is 5. The van der Waals surface area contributed by atoms with Crippen LogP contribution in [0.1, 0.15) is 21.5 Å². The fourth-order valence-corrected chi connectivity index (χ4v) is 4.52. The van der Waals surface area contributed by atoms with Crippen molar-refractivity contribution < 1.29 is 14.7 Å². The first-order valence-electron chi connectivity index (χ1n) is 12.1. The molecule has 0 aliphatic heterocycles. The maximum Gasteiger partial charge on any atom is 0.253 e. The van der Waals surface area contributed by atoms with Gasteiger partial charge in [0.25, 0.3) is 17.0 Å². The number of halogens is 1. The van der Waals surface area contributed by atoms with Crippen molar-refractivity contribution in [3.05, 3.63) is 121 Å². The summed E-state index contributed by atoms with van der Waals surface area (Å²) < 4.78 is 0. The zero-order chi connectivity index (χ0) is 27.5. The van der Waals surface area contributed by atoms with Crippen LogP contribution in [0.5, 0.6) is 5.75 Å². The second-order valence-electron chi connectivity index (χ2n) is 9.07. The lowest BCUT2D eigenvalue weighted by molar-refractivity contribution is -0.123. The van der Waals surface area contributed by atoms with Gasteiger partial charge in [0.05, 0.1) is 5.52 Å². The molecule has 2 heterocycles. The molecule has 0 radical (unpaired) electrons. The number of H-pyrrole nitrogens is 2. The first-order valence-corrected chi connectivity index (χ1v) is 12.4. The van der Waals surface area contributed by atoms with E-state index in [1.54, 1.807) is 24.3 Å². The van der Waals surface area contributed by atoms with E-state index in [-0.39, 0.29) is 29.8 Å². The average Bonchev–Trinajstić information content (AvgIpc) is 2.92. The molecule has 0 unspecified atom stereocenters. The van der Waals surface area contributed by atoms with Crippen LogP contribution < -0.4 is 21.8 Å². The summed E-state index contributed by atoms with van der Waals surface area (Å²) >= 11 is 6.07. The van der Waals surface area contributed by atoms with Crippen molar-refractivity contribution in [2.75, 3.05) is 0 Å². The number of aromatic nitrogens is 2. The highest BCUT2D eigenvalue weighted by molar-refractivity contribution is 6.31. The van der Waals surface area contributed by atoms with Crippen LogP contribution in [-0.4, -0.2) is 32.9 Å². The molecule has 5 rings (SSSR count). The molecule has 3 aromatic carbocycles. The van der Waals surface area contributed by atoms with Crippen LogP contribution in [-0.2, 0) is 17.8 Å². The summed E-state index contributed by atoms with van der Waals surface area (Å²) in [4.78, 5) is 56.0. The van der Waals surface area contributed by atoms with Gasteiger partial charge in [-0.05, 0) is 48.0 Å². The number of carbonyl (C=O) groups excluding carboxylic acids is 2. The zero-order valence-corrected chi connectivity index (χ0v) is 21.2. The first-order chi connectivity index (χ1) is 18.8. The molecule has 196 valence electrons. The largest absolute Gasteiger partial charge is 0.507 e. The Balaban J connectivity index is 1.38. The molecule has 5 N–H and O–H groups in total. The third-order valence-electron chi connectivity index (χ3n) is 6.32. The van der Waals surface area contributed by atoms with Gasteiger partial charge in [0.2, 0.25) is 5.91 Å². The van der Waals surface area contributed by atoms with Gasteiger partial charge >= 0.3 is 0 Å². The predicted octanol–water partition coefficient (Wildman–Crippen LogP) is 3.39. The van der Waals surface area contributed by atoms with E-state index in [2.05, 4.69) is 20.6 Å². The monoisotopic (exact) mass is 542 g/mol. The minimum atomic E-state index is -0.964. The Bertz CT molecular complexity index is 1830. The lowest BCUT2D eigenvalue weighted by Crippen LogP contribution is -2.48. The molecule has 9 nitrogen and oxygen atoms in total. The summed E-state index contributed by atoms with van der Waals surface area (Å²) in [6, 6.07) is 20.5. The number of carbonyl (C=O) groups is 2. The van der Waals surface area contributed by atoms with Gasteiger partial charge in [-0.1, -0.05) is 41.9 Å². The Kier molecular flexibility index (Phi) is 7.16. The van der Waals surface area contributed by atoms with Gasteiger partial charge < -0.3 is 25.7 Å². The number of aromatic hydroxyl groups is 1. The molecule has 0 bridgehead atoms. The molecule has 0 spiro atoms. The van der Waals surface area contributed by atoms with Crippen LogP contribution in [0.25, 0.3) is 21.8 Å². The molecule has 5 aromatic rings. The van der Waals surface area contributed by atoms with Gasteiger partial charge in [-0.15, -0.1) is 0 Å². The van der Waals surface area contributed by atoms with Crippen LogP contribution in [0.3, 0.4) is 0 Å².